The highest BCUT2D eigenvalue weighted by molar-refractivity contribution is 6.14. The van der Waals surface area contributed by atoms with Crippen LogP contribution in [0.25, 0.3) is 12.2 Å². The Morgan fingerprint density at radius 2 is 1.69 bits per heavy atom. The molecule has 144 valence electrons. The number of Topliss-reactive ketones (excluding diaryl/α,β-unsaturated/α-hetero) is 1. The lowest BCUT2D eigenvalue weighted by Crippen LogP contribution is -1.98. The Balaban J connectivity index is 1.54. The van der Waals surface area contributed by atoms with Gasteiger partial charge >= 0.3 is 0 Å². The Hall–Kier alpha value is -3.66. The predicted octanol–water partition coefficient (Wildman–Crippen LogP) is 5.97. The van der Waals surface area contributed by atoms with Crippen molar-refractivity contribution in [3.8, 4) is 11.5 Å². The van der Waals surface area contributed by atoms with Crippen LogP contribution in [0.3, 0.4) is 0 Å². The predicted molar refractivity (Wildman–Crippen MR) is 111 cm³/mol. The van der Waals surface area contributed by atoms with Gasteiger partial charge in [-0.1, -0.05) is 49.1 Å². The summed E-state index contributed by atoms with van der Waals surface area (Å²) in [5.74, 6) is 0.854. The van der Waals surface area contributed by atoms with Crippen molar-refractivity contribution in [1.29, 1.82) is 0 Å². The molecular weight excluding hydrogens is 367 g/mol. The van der Waals surface area contributed by atoms with Crippen LogP contribution in [0.1, 0.15) is 32.6 Å². The fourth-order valence-electron chi connectivity index (χ4n) is 3.15. The van der Waals surface area contributed by atoms with E-state index in [0.717, 1.165) is 16.7 Å². The summed E-state index contributed by atoms with van der Waals surface area (Å²) in [5, 5.41) is 0. The number of ketones is 1. The second-order valence-electron chi connectivity index (χ2n) is 6.79. The minimum absolute atomic E-state index is 0.195. The fraction of sp³-hybridized carbons (Fsp3) is 0.0800. The Labute approximate surface area is 168 Å². The molecule has 4 rings (SSSR count). The second kappa shape index (κ2) is 7.76. The van der Waals surface area contributed by atoms with Crippen LogP contribution in [0.2, 0.25) is 0 Å². The van der Waals surface area contributed by atoms with E-state index < -0.39 is 0 Å². The van der Waals surface area contributed by atoms with E-state index in [1.165, 1.54) is 12.1 Å². The number of hydrogen-bond donors (Lipinski definition) is 0. The van der Waals surface area contributed by atoms with Crippen molar-refractivity contribution in [2.24, 2.45) is 0 Å². The number of hydrogen-bond acceptors (Lipinski definition) is 3. The Bertz CT molecular complexity index is 1110. The van der Waals surface area contributed by atoms with E-state index in [9.17, 15) is 9.18 Å². The van der Waals surface area contributed by atoms with Crippen LogP contribution >= 0.6 is 0 Å². The maximum Gasteiger partial charge on any atom is 0.231 e. The molecule has 0 aromatic heterocycles. The summed E-state index contributed by atoms with van der Waals surface area (Å²) in [6, 6.07) is 17.3. The van der Waals surface area contributed by atoms with E-state index >= 15 is 0 Å². The molecule has 0 radical (unpaired) electrons. The first-order valence-electron chi connectivity index (χ1n) is 9.23. The van der Waals surface area contributed by atoms with Crippen molar-refractivity contribution in [1.82, 2.24) is 0 Å². The van der Waals surface area contributed by atoms with Crippen LogP contribution < -0.4 is 9.47 Å². The zero-order valence-corrected chi connectivity index (χ0v) is 15.9. The third-order valence-electron chi connectivity index (χ3n) is 4.81. The summed E-state index contributed by atoms with van der Waals surface area (Å²) in [6.45, 7) is 6.02. The van der Waals surface area contributed by atoms with E-state index in [4.69, 9.17) is 9.47 Å². The summed E-state index contributed by atoms with van der Waals surface area (Å²) in [4.78, 5) is 12.7. The molecule has 3 nitrogen and oxygen atoms in total. The molecule has 0 atom stereocenters. The highest BCUT2D eigenvalue weighted by Gasteiger charge is 2.30. The summed E-state index contributed by atoms with van der Waals surface area (Å²) in [7, 11) is 0. The summed E-state index contributed by atoms with van der Waals surface area (Å²) in [5.41, 5.74) is 4.04. The molecule has 0 N–H and O–H groups in total. The smallest absolute Gasteiger partial charge is 0.231 e. The SMILES string of the molecule is C=Cc1ccc(COc2ccc3c(c2C)O/C(=C\c2ccc(F)cc2)C3=O)cc1. The number of benzene rings is 3. The Morgan fingerprint density at radius 3 is 2.38 bits per heavy atom. The van der Waals surface area contributed by atoms with Gasteiger partial charge in [0.2, 0.25) is 5.78 Å². The molecule has 29 heavy (non-hydrogen) atoms. The molecule has 0 fully saturated rings. The number of fused-ring (bicyclic) bond motifs is 1. The quantitative estimate of drug-likeness (QED) is 0.507. The minimum atomic E-state index is -0.328. The van der Waals surface area contributed by atoms with Gasteiger partial charge in [0, 0.05) is 5.56 Å². The molecule has 0 amide bonds. The Kier molecular flexibility index (Phi) is 5.00. The number of ether oxygens (including phenoxy) is 2. The van der Waals surface area contributed by atoms with Crippen LogP contribution in [0.5, 0.6) is 11.5 Å². The van der Waals surface area contributed by atoms with Crippen LogP contribution in [-0.4, -0.2) is 5.78 Å². The van der Waals surface area contributed by atoms with Crippen molar-refractivity contribution < 1.29 is 18.7 Å². The number of carbonyl (C=O) groups is 1. The largest absolute Gasteiger partial charge is 0.488 e. The number of halogens is 1. The zero-order chi connectivity index (χ0) is 20.4. The molecule has 0 saturated carbocycles. The van der Waals surface area contributed by atoms with Crippen LogP contribution in [0, 0.1) is 12.7 Å². The van der Waals surface area contributed by atoms with Gasteiger partial charge in [0.1, 0.15) is 23.9 Å². The van der Waals surface area contributed by atoms with Crippen LogP contribution in [0.15, 0.2) is 73.0 Å². The zero-order valence-electron chi connectivity index (χ0n) is 15.9. The number of carbonyl (C=O) groups excluding carboxylic acids is 1. The van der Waals surface area contributed by atoms with E-state index in [1.807, 2.05) is 31.2 Å². The standard InChI is InChI=1S/C25H19FO3/c1-3-17-4-6-19(7-5-17)15-28-22-13-12-21-24(27)23(29-25(21)16(22)2)14-18-8-10-20(26)11-9-18/h3-14H,1,15H2,2H3/b23-14-. The van der Waals surface area contributed by atoms with Crippen molar-refractivity contribution in [3.63, 3.8) is 0 Å². The number of rotatable bonds is 5. The molecule has 0 bridgehead atoms. The van der Waals surface area contributed by atoms with E-state index in [-0.39, 0.29) is 17.4 Å². The number of allylic oxidation sites excluding steroid dienone is 1. The van der Waals surface area contributed by atoms with Crippen LogP contribution in [0.4, 0.5) is 4.39 Å². The van der Waals surface area contributed by atoms with E-state index in [1.54, 1.807) is 36.4 Å². The molecule has 0 aliphatic carbocycles. The van der Waals surface area contributed by atoms with Gasteiger partial charge in [-0.3, -0.25) is 4.79 Å². The lowest BCUT2D eigenvalue weighted by atomic mass is 10.1. The van der Waals surface area contributed by atoms with Gasteiger partial charge < -0.3 is 9.47 Å². The summed E-state index contributed by atoms with van der Waals surface area (Å²) >= 11 is 0. The highest BCUT2D eigenvalue weighted by Crippen LogP contribution is 2.39. The molecule has 4 heteroatoms. The second-order valence-corrected chi connectivity index (χ2v) is 6.79. The van der Waals surface area contributed by atoms with E-state index in [2.05, 4.69) is 6.58 Å². The van der Waals surface area contributed by atoms with Gasteiger partial charge in [-0.05, 0) is 54.0 Å². The first-order chi connectivity index (χ1) is 14.0. The van der Waals surface area contributed by atoms with Gasteiger partial charge in [-0.15, -0.1) is 0 Å². The van der Waals surface area contributed by atoms with Crippen LogP contribution in [-0.2, 0) is 6.61 Å². The Morgan fingerprint density at radius 1 is 1.00 bits per heavy atom. The molecule has 1 aliphatic rings. The molecule has 1 heterocycles. The van der Waals surface area contributed by atoms with Gasteiger partial charge in [-0.2, -0.15) is 0 Å². The molecule has 0 unspecified atom stereocenters. The molecule has 1 aliphatic heterocycles. The first kappa shape index (κ1) is 18.7. The molecule has 3 aromatic rings. The van der Waals surface area contributed by atoms with Gasteiger partial charge in [0.25, 0.3) is 0 Å². The highest BCUT2D eigenvalue weighted by atomic mass is 19.1. The average Bonchev–Trinajstić information content (AvgIpc) is 3.06. The van der Waals surface area contributed by atoms with Crippen molar-refractivity contribution in [2.45, 2.75) is 13.5 Å². The molecular formula is C25H19FO3. The minimum Gasteiger partial charge on any atom is -0.488 e. The molecule has 3 aromatic carbocycles. The normalized spacial score (nSPS) is 13.9. The summed E-state index contributed by atoms with van der Waals surface area (Å²) < 4.78 is 24.9. The fourth-order valence-corrected chi connectivity index (χ4v) is 3.15. The topological polar surface area (TPSA) is 35.5 Å². The monoisotopic (exact) mass is 386 g/mol. The maximum absolute atomic E-state index is 13.1. The lowest BCUT2D eigenvalue weighted by molar-refractivity contribution is 0.101. The van der Waals surface area contributed by atoms with E-state index in [0.29, 0.717) is 29.2 Å². The third-order valence-corrected chi connectivity index (χ3v) is 4.81. The van der Waals surface area contributed by atoms with Gasteiger partial charge in [0.15, 0.2) is 5.76 Å². The van der Waals surface area contributed by atoms with Crippen molar-refractivity contribution in [2.75, 3.05) is 0 Å². The van der Waals surface area contributed by atoms with Gasteiger partial charge in [0.05, 0.1) is 5.56 Å². The van der Waals surface area contributed by atoms with Crippen molar-refractivity contribution in [3.05, 3.63) is 107 Å². The first-order valence-corrected chi connectivity index (χ1v) is 9.23. The average molecular weight is 386 g/mol. The maximum atomic E-state index is 13.1. The third kappa shape index (κ3) is 3.83. The molecule has 0 spiro atoms. The molecule has 0 saturated heterocycles. The van der Waals surface area contributed by atoms with Crippen molar-refractivity contribution >= 4 is 17.9 Å². The lowest BCUT2D eigenvalue weighted by Gasteiger charge is -2.11. The van der Waals surface area contributed by atoms with Gasteiger partial charge in [-0.25, -0.2) is 4.39 Å². The summed E-state index contributed by atoms with van der Waals surface area (Å²) in [6.07, 6.45) is 3.41.